The molecule has 0 fully saturated rings. The number of nitrogens with one attached hydrogen (secondary N) is 1. The predicted molar refractivity (Wildman–Crippen MR) is 159 cm³/mol. The summed E-state index contributed by atoms with van der Waals surface area (Å²) in [7, 11) is 0. The number of rotatable bonds is 8. The summed E-state index contributed by atoms with van der Waals surface area (Å²) < 4.78 is 57.6. The Morgan fingerprint density at radius 1 is 1.23 bits per heavy atom. The molecule has 1 aliphatic heterocycles. The van der Waals surface area contributed by atoms with Crippen molar-refractivity contribution in [2.75, 3.05) is 18.5 Å². The van der Waals surface area contributed by atoms with Crippen molar-refractivity contribution in [1.29, 1.82) is 0 Å². The highest BCUT2D eigenvalue weighted by atomic mass is 19.4. The molecule has 11 heteroatoms. The maximum absolute atomic E-state index is 13.5. The lowest BCUT2D eigenvalue weighted by molar-refractivity contribution is -0.148. The van der Waals surface area contributed by atoms with Crippen LogP contribution in [0.3, 0.4) is 0 Å². The lowest BCUT2D eigenvalue weighted by Crippen LogP contribution is -2.43. The van der Waals surface area contributed by atoms with Crippen LogP contribution in [0.5, 0.6) is 5.88 Å². The number of hydrogen-bond acceptors (Lipinski definition) is 6. The zero-order valence-corrected chi connectivity index (χ0v) is 24.7. The molecule has 4 rings (SSSR count). The molecule has 1 aromatic heterocycles. The van der Waals surface area contributed by atoms with Gasteiger partial charge in [-0.25, -0.2) is 9.78 Å². The summed E-state index contributed by atoms with van der Waals surface area (Å²) >= 11 is 0. The molecule has 0 radical (unpaired) electrons. The normalized spacial score (nSPS) is 19.0. The molecule has 8 nitrogen and oxygen atoms in total. The second-order valence-corrected chi connectivity index (χ2v) is 10.3. The van der Waals surface area contributed by atoms with Gasteiger partial charge in [-0.2, -0.15) is 13.2 Å². The lowest BCUT2D eigenvalue weighted by Gasteiger charge is -2.35. The number of terminal acetylenes is 1. The number of carbonyl (C=O) groups is 2. The average Bonchev–Trinajstić information content (AvgIpc) is 3.01. The Hall–Kier alpha value is -4.72. The van der Waals surface area contributed by atoms with Crippen LogP contribution in [-0.4, -0.2) is 41.1 Å². The van der Waals surface area contributed by atoms with E-state index in [0.29, 0.717) is 60.8 Å². The van der Waals surface area contributed by atoms with E-state index >= 15 is 0 Å². The lowest BCUT2D eigenvalue weighted by atomic mass is 9.93. The van der Waals surface area contributed by atoms with Gasteiger partial charge in [0, 0.05) is 29.8 Å². The number of esters is 1. The molecular formula is C33H34F3N3O5. The molecule has 2 unspecified atom stereocenters. The van der Waals surface area contributed by atoms with Crippen molar-refractivity contribution in [3.8, 4) is 18.2 Å². The highest BCUT2D eigenvalue weighted by Crippen LogP contribution is 2.35. The number of allylic oxidation sites excluding steroid dienone is 5. The van der Waals surface area contributed by atoms with Gasteiger partial charge in [-0.1, -0.05) is 25.0 Å². The minimum Gasteiger partial charge on any atom is -0.487 e. The highest BCUT2D eigenvalue weighted by molar-refractivity contribution is 5.92. The minimum absolute atomic E-state index is 0.148. The fourth-order valence-corrected chi connectivity index (χ4v) is 4.83. The molecule has 2 atom stereocenters. The Labute approximate surface area is 254 Å². The first-order chi connectivity index (χ1) is 21.0. The fourth-order valence-electron chi connectivity index (χ4n) is 4.83. The Morgan fingerprint density at radius 3 is 2.61 bits per heavy atom. The molecule has 2 heterocycles. The first-order valence-corrected chi connectivity index (χ1v) is 14.3. The summed E-state index contributed by atoms with van der Waals surface area (Å²) in [6.07, 6.45) is 8.12. The number of ether oxygens (including phenoxy) is 3. The van der Waals surface area contributed by atoms with Crippen molar-refractivity contribution in [1.82, 2.24) is 9.88 Å². The summed E-state index contributed by atoms with van der Waals surface area (Å²) in [4.78, 5) is 30.9. The molecule has 232 valence electrons. The van der Waals surface area contributed by atoms with Crippen molar-refractivity contribution in [2.45, 2.75) is 58.7 Å². The summed E-state index contributed by atoms with van der Waals surface area (Å²) in [5.74, 6) is 3.65. The molecule has 2 aliphatic rings. The number of halogens is 3. The van der Waals surface area contributed by atoms with Crippen molar-refractivity contribution in [3.05, 3.63) is 83.1 Å². The van der Waals surface area contributed by atoms with Gasteiger partial charge in [0.15, 0.2) is 0 Å². The Morgan fingerprint density at radius 2 is 2.00 bits per heavy atom. The largest absolute Gasteiger partial charge is 0.487 e. The Bertz CT molecular complexity index is 1510. The van der Waals surface area contributed by atoms with E-state index < -0.39 is 23.9 Å². The zero-order chi connectivity index (χ0) is 31.9. The van der Waals surface area contributed by atoms with Crippen LogP contribution in [0.4, 0.5) is 23.7 Å². The van der Waals surface area contributed by atoms with Gasteiger partial charge in [-0.05, 0) is 63.5 Å². The third-order valence-electron chi connectivity index (χ3n) is 7.32. The number of alkyl halides is 3. The quantitative estimate of drug-likeness (QED) is 0.249. The summed E-state index contributed by atoms with van der Waals surface area (Å²) in [5, 5.41) is 2.40. The van der Waals surface area contributed by atoms with Crippen LogP contribution >= 0.6 is 0 Å². The number of hydrogen-bond donors (Lipinski definition) is 1. The number of anilines is 1. The van der Waals surface area contributed by atoms with E-state index in [1.165, 1.54) is 23.1 Å². The van der Waals surface area contributed by atoms with Crippen LogP contribution in [0.1, 0.15) is 57.6 Å². The number of aromatic nitrogens is 1. The molecule has 0 spiro atoms. The van der Waals surface area contributed by atoms with Crippen molar-refractivity contribution in [3.63, 3.8) is 0 Å². The van der Waals surface area contributed by atoms with Crippen LogP contribution in [0.2, 0.25) is 0 Å². The van der Waals surface area contributed by atoms with Crippen molar-refractivity contribution in [2.24, 2.45) is 5.92 Å². The Balaban J connectivity index is 1.51. The number of urea groups is 1. The van der Waals surface area contributed by atoms with Crippen LogP contribution in [-0.2, 0) is 20.4 Å². The molecule has 1 aliphatic carbocycles. The number of benzene rings is 1. The van der Waals surface area contributed by atoms with Gasteiger partial charge >= 0.3 is 18.2 Å². The van der Waals surface area contributed by atoms with Gasteiger partial charge < -0.3 is 19.5 Å². The highest BCUT2D eigenvalue weighted by Gasteiger charge is 2.35. The number of amides is 2. The van der Waals surface area contributed by atoms with Gasteiger partial charge in [0.05, 0.1) is 36.0 Å². The smallest absolute Gasteiger partial charge is 0.418 e. The van der Waals surface area contributed by atoms with E-state index in [0.717, 1.165) is 11.8 Å². The molecule has 1 aromatic carbocycles. The van der Waals surface area contributed by atoms with Gasteiger partial charge in [-0.15, -0.1) is 6.42 Å². The van der Waals surface area contributed by atoms with Gasteiger partial charge in [0.25, 0.3) is 0 Å². The van der Waals surface area contributed by atoms with Crippen molar-refractivity contribution < 1.29 is 37.0 Å². The molecule has 44 heavy (non-hydrogen) atoms. The van der Waals surface area contributed by atoms with E-state index in [1.807, 2.05) is 13.0 Å². The van der Waals surface area contributed by atoms with E-state index in [-0.39, 0.29) is 24.1 Å². The van der Waals surface area contributed by atoms with E-state index in [2.05, 4.69) is 16.2 Å². The maximum Gasteiger partial charge on any atom is 0.418 e. The third-order valence-corrected chi connectivity index (χ3v) is 7.32. The third kappa shape index (κ3) is 7.81. The second kappa shape index (κ2) is 14.2. The number of pyridine rings is 1. The van der Waals surface area contributed by atoms with Crippen LogP contribution in [0.25, 0.3) is 5.57 Å². The minimum atomic E-state index is -4.63. The van der Waals surface area contributed by atoms with Crippen LogP contribution < -0.4 is 10.1 Å². The number of carbonyl (C=O) groups excluding carboxylic acids is 2. The first kappa shape index (κ1) is 32.2. The van der Waals surface area contributed by atoms with Crippen LogP contribution in [0, 0.1) is 18.3 Å². The molecular weight excluding hydrogens is 575 g/mol. The van der Waals surface area contributed by atoms with Crippen LogP contribution in [0.15, 0.2) is 72.0 Å². The van der Waals surface area contributed by atoms with Crippen molar-refractivity contribution >= 4 is 23.3 Å². The molecule has 2 aromatic rings. The zero-order valence-electron chi connectivity index (χ0n) is 24.7. The van der Waals surface area contributed by atoms with E-state index in [4.69, 9.17) is 20.6 Å². The maximum atomic E-state index is 13.5. The van der Waals surface area contributed by atoms with E-state index in [9.17, 15) is 22.8 Å². The molecule has 1 N–H and O–H groups in total. The predicted octanol–water partition coefficient (Wildman–Crippen LogP) is 7.32. The SMILES string of the molecule is C#CC(=CC1=C(C)N(C(=O)Nc2ccccc2C(F)(F)F)CC(CC)O1)c1ccc(OC2=CCC(C(=O)OCC)CC2)nc1. The summed E-state index contributed by atoms with van der Waals surface area (Å²) in [6.45, 7) is 5.80. The standard InChI is InChI=1S/C33H34F3N3O5/c1-5-22(24-14-17-30(37-19-24)44-26-15-12-23(13-16-26)31(40)42-7-3)18-29-21(4)39(20-25(6-2)43-29)32(41)38-28-11-9-8-10-27(28)33(34,35)36/h1,8-11,14-15,17-19,23,25H,6-7,12-13,16,20H2,2-4H3,(H,38,41). The van der Waals surface area contributed by atoms with E-state index in [1.54, 1.807) is 38.3 Å². The molecule has 0 saturated carbocycles. The van der Waals surface area contributed by atoms with Gasteiger partial charge in [0.1, 0.15) is 17.6 Å². The number of para-hydroxylation sites is 1. The topological polar surface area (TPSA) is 90.0 Å². The second-order valence-electron chi connectivity index (χ2n) is 10.3. The van der Waals surface area contributed by atoms with Gasteiger partial charge in [-0.3, -0.25) is 9.69 Å². The first-order valence-electron chi connectivity index (χ1n) is 14.3. The van der Waals surface area contributed by atoms with Gasteiger partial charge in [0.2, 0.25) is 5.88 Å². The number of nitrogens with zero attached hydrogens (tertiary/aromatic N) is 2. The molecule has 2 amide bonds. The summed E-state index contributed by atoms with van der Waals surface area (Å²) in [6, 6.07) is 7.51. The fraction of sp³-hybridized carbons (Fsp3) is 0.364. The summed E-state index contributed by atoms with van der Waals surface area (Å²) in [5.41, 5.74) is 0.132. The Kier molecular flexibility index (Phi) is 10.4. The average molecular weight is 610 g/mol. The monoisotopic (exact) mass is 609 g/mol. The molecule has 0 bridgehead atoms. The molecule has 0 saturated heterocycles.